The Hall–Kier alpha value is -2.27. The second-order valence-corrected chi connectivity index (χ2v) is 4.57. The number of alkyl carbamates (subject to hydrolysis) is 1. The second-order valence-electron chi connectivity index (χ2n) is 4.57. The van der Waals surface area contributed by atoms with Gasteiger partial charge in [-0.3, -0.25) is 5.32 Å². The Morgan fingerprint density at radius 1 is 1.00 bits per heavy atom. The molecule has 0 bridgehead atoms. The summed E-state index contributed by atoms with van der Waals surface area (Å²) < 4.78 is 113. The molecule has 12 heteroatoms. The topological polar surface area (TPSA) is 47.6 Å². The maximum atomic E-state index is 13.9. The number of methoxy groups -OCH3 is 1. The SMILES string of the molecule is COC(=O)NC(Oc1ccccc1)C(F)(F)C(F)(F)C(F)(F)C(F)F. The third-order valence-corrected chi connectivity index (χ3v) is 2.87. The average molecular weight is 381 g/mol. The van der Waals surface area contributed by atoms with Gasteiger partial charge in [-0.15, -0.1) is 0 Å². The zero-order chi connectivity index (χ0) is 19.5. The van der Waals surface area contributed by atoms with Crippen LogP contribution in [0.15, 0.2) is 30.3 Å². The van der Waals surface area contributed by atoms with E-state index in [4.69, 9.17) is 0 Å². The zero-order valence-corrected chi connectivity index (χ0v) is 12.3. The van der Waals surface area contributed by atoms with Crippen molar-refractivity contribution in [1.82, 2.24) is 5.32 Å². The van der Waals surface area contributed by atoms with Crippen LogP contribution in [0, 0.1) is 0 Å². The van der Waals surface area contributed by atoms with Gasteiger partial charge in [-0.05, 0) is 12.1 Å². The number of hydrogen-bond acceptors (Lipinski definition) is 3. The van der Waals surface area contributed by atoms with Gasteiger partial charge in [0.2, 0.25) is 6.23 Å². The van der Waals surface area contributed by atoms with Gasteiger partial charge in [0.1, 0.15) is 5.75 Å². The van der Waals surface area contributed by atoms with Crippen LogP contribution in [-0.4, -0.2) is 43.6 Å². The molecule has 142 valence electrons. The molecule has 1 aromatic carbocycles. The molecule has 1 unspecified atom stereocenters. The molecule has 0 radical (unpaired) electrons. The highest BCUT2D eigenvalue weighted by atomic mass is 19.4. The van der Waals surface area contributed by atoms with Crippen molar-refractivity contribution >= 4 is 6.09 Å². The fourth-order valence-corrected chi connectivity index (χ4v) is 1.52. The van der Waals surface area contributed by atoms with Crippen LogP contribution in [-0.2, 0) is 4.74 Å². The van der Waals surface area contributed by atoms with Crippen LogP contribution in [0.1, 0.15) is 0 Å². The summed E-state index contributed by atoms with van der Waals surface area (Å²) in [6.07, 6.45) is -10.3. The Morgan fingerprint density at radius 2 is 1.52 bits per heavy atom. The highest BCUT2D eigenvalue weighted by molar-refractivity contribution is 5.67. The van der Waals surface area contributed by atoms with Gasteiger partial charge in [-0.25, -0.2) is 13.6 Å². The van der Waals surface area contributed by atoms with Crippen molar-refractivity contribution in [3.8, 4) is 5.75 Å². The highest BCUT2D eigenvalue weighted by Crippen LogP contribution is 2.50. The highest BCUT2D eigenvalue weighted by Gasteiger charge is 2.78. The van der Waals surface area contributed by atoms with Gasteiger partial charge in [-0.2, -0.15) is 26.3 Å². The van der Waals surface area contributed by atoms with E-state index in [9.17, 15) is 39.9 Å². The second kappa shape index (κ2) is 7.31. The molecule has 1 atom stereocenters. The van der Waals surface area contributed by atoms with Crippen molar-refractivity contribution < 1.29 is 49.4 Å². The third kappa shape index (κ3) is 4.04. The predicted molar refractivity (Wildman–Crippen MR) is 67.2 cm³/mol. The van der Waals surface area contributed by atoms with Crippen LogP contribution in [0.5, 0.6) is 5.75 Å². The molecule has 0 spiro atoms. The van der Waals surface area contributed by atoms with Crippen LogP contribution in [0.4, 0.5) is 39.9 Å². The maximum Gasteiger partial charge on any atom is 0.409 e. The standard InChI is InChI=1S/C13H11F8NO3/c1-24-10(23)22-9(25-7-5-3-2-4-6-7)12(18,19)13(20,21)11(16,17)8(14)15/h2-6,8-9H,1H3,(H,22,23). The van der Waals surface area contributed by atoms with Gasteiger partial charge in [0.05, 0.1) is 7.11 Å². The summed E-state index contributed by atoms with van der Waals surface area (Å²) in [6, 6.07) is 5.77. The average Bonchev–Trinajstić information content (AvgIpc) is 2.54. The Labute approximate surface area is 135 Å². The fraction of sp³-hybridized carbons (Fsp3) is 0.462. The van der Waals surface area contributed by atoms with Gasteiger partial charge < -0.3 is 9.47 Å². The smallest absolute Gasteiger partial charge is 0.409 e. The molecule has 0 aliphatic carbocycles. The maximum absolute atomic E-state index is 13.9. The van der Waals surface area contributed by atoms with Crippen molar-refractivity contribution in [2.45, 2.75) is 30.4 Å². The number of alkyl halides is 8. The minimum absolute atomic E-state index is 0.528. The van der Waals surface area contributed by atoms with Crippen molar-refractivity contribution in [1.29, 1.82) is 0 Å². The normalized spacial score (nSPS) is 14.2. The Morgan fingerprint density at radius 3 is 1.96 bits per heavy atom. The molecular formula is C13H11F8NO3. The minimum atomic E-state index is -6.56. The van der Waals surface area contributed by atoms with Crippen molar-refractivity contribution in [2.24, 2.45) is 0 Å². The number of rotatable bonds is 7. The number of carbonyl (C=O) groups is 1. The summed E-state index contributed by atoms with van der Waals surface area (Å²) in [5.74, 6) is -19.4. The van der Waals surface area contributed by atoms with E-state index in [0.717, 1.165) is 17.4 Å². The first kappa shape index (κ1) is 20.8. The van der Waals surface area contributed by atoms with E-state index in [1.165, 1.54) is 18.2 Å². The van der Waals surface area contributed by atoms with Gasteiger partial charge in [0.15, 0.2) is 0 Å². The van der Waals surface area contributed by atoms with E-state index < -0.39 is 42.3 Å². The summed E-state index contributed by atoms with van der Waals surface area (Å²) in [5, 5.41) is 1.08. The van der Waals surface area contributed by atoms with E-state index >= 15 is 0 Å². The largest absolute Gasteiger partial charge is 0.464 e. The van der Waals surface area contributed by atoms with Gasteiger partial charge in [0.25, 0.3) is 0 Å². The number of amides is 1. The molecule has 0 heterocycles. The molecular weight excluding hydrogens is 370 g/mol. The predicted octanol–water partition coefficient (Wildman–Crippen LogP) is 3.92. The number of ether oxygens (including phenoxy) is 2. The van der Waals surface area contributed by atoms with E-state index in [0.29, 0.717) is 7.11 Å². The number of nitrogens with one attached hydrogen (secondary N) is 1. The summed E-state index contributed by atoms with van der Waals surface area (Å²) in [6.45, 7) is 0. The third-order valence-electron chi connectivity index (χ3n) is 2.87. The molecule has 0 saturated carbocycles. The van der Waals surface area contributed by atoms with Crippen LogP contribution < -0.4 is 10.1 Å². The van der Waals surface area contributed by atoms with Crippen molar-refractivity contribution in [2.75, 3.05) is 7.11 Å². The molecule has 0 saturated heterocycles. The molecule has 1 rings (SSSR count). The fourth-order valence-electron chi connectivity index (χ4n) is 1.52. The number of para-hydroxylation sites is 1. The minimum Gasteiger partial charge on any atom is -0.464 e. The van der Waals surface area contributed by atoms with Crippen molar-refractivity contribution in [3.63, 3.8) is 0 Å². The number of carbonyl (C=O) groups excluding carboxylic acids is 1. The van der Waals surface area contributed by atoms with Gasteiger partial charge in [-0.1, -0.05) is 18.2 Å². The quantitative estimate of drug-likeness (QED) is 0.575. The van der Waals surface area contributed by atoms with Crippen LogP contribution in [0.3, 0.4) is 0 Å². The van der Waals surface area contributed by atoms with Crippen molar-refractivity contribution in [3.05, 3.63) is 30.3 Å². The lowest BCUT2D eigenvalue weighted by atomic mass is 10.0. The van der Waals surface area contributed by atoms with Gasteiger partial charge in [0, 0.05) is 0 Å². The first-order valence-electron chi connectivity index (χ1n) is 6.35. The van der Waals surface area contributed by atoms with Gasteiger partial charge >= 0.3 is 30.3 Å². The van der Waals surface area contributed by atoms with E-state index in [2.05, 4.69) is 9.47 Å². The molecule has 0 aliphatic heterocycles. The monoisotopic (exact) mass is 381 g/mol. The summed E-state index contributed by atoms with van der Waals surface area (Å²) in [4.78, 5) is 11.0. The molecule has 1 amide bonds. The Balaban J connectivity index is 3.27. The Bertz CT molecular complexity index is 582. The number of halogens is 8. The summed E-state index contributed by atoms with van der Waals surface area (Å²) in [5.41, 5.74) is 0. The van der Waals surface area contributed by atoms with Crippen LogP contribution in [0.25, 0.3) is 0 Å². The number of hydrogen-bond donors (Lipinski definition) is 1. The molecule has 1 aromatic rings. The van der Waals surface area contributed by atoms with E-state index in [1.807, 2.05) is 0 Å². The number of benzene rings is 1. The summed E-state index contributed by atoms with van der Waals surface area (Å²) >= 11 is 0. The molecule has 1 N–H and O–H groups in total. The molecule has 4 nitrogen and oxygen atoms in total. The van der Waals surface area contributed by atoms with Crippen LogP contribution in [0.2, 0.25) is 0 Å². The first-order chi connectivity index (χ1) is 11.4. The Kier molecular flexibility index (Phi) is 6.08. The molecule has 0 aromatic heterocycles. The lowest BCUT2D eigenvalue weighted by Gasteiger charge is -2.36. The van der Waals surface area contributed by atoms with E-state index in [-0.39, 0.29) is 0 Å². The molecule has 0 fully saturated rings. The lowest BCUT2D eigenvalue weighted by Crippen LogP contribution is -2.66. The lowest BCUT2D eigenvalue weighted by molar-refractivity contribution is -0.355. The van der Waals surface area contributed by atoms with E-state index in [1.54, 1.807) is 0 Å². The molecule has 0 aliphatic rings. The van der Waals surface area contributed by atoms with Crippen LogP contribution >= 0.6 is 0 Å². The zero-order valence-electron chi connectivity index (χ0n) is 12.3. The first-order valence-corrected chi connectivity index (χ1v) is 6.35. The molecule has 25 heavy (non-hydrogen) atoms. The summed E-state index contributed by atoms with van der Waals surface area (Å²) in [7, 11) is 0.666.